The molecule has 0 saturated heterocycles. The number of esters is 1. The molecule has 0 aromatic heterocycles. The van der Waals surface area contributed by atoms with Gasteiger partial charge >= 0.3 is 5.97 Å². The summed E-state index contributed by atoms with van der Waals surface area (Å²) in [6.45, 7) is 3.93. The molecule has 17 heavy (non-hydrogen) atoms. The first-order valence-corrected chi connectivity index (χ1v) is 7.02. The van der Waals surface area contributed by atoms with Gasteiger partial charge in [-0.1, -0.05) is 12.2 Å². The minimum Gasteiger partial charge on any atom is -0.462 e. The topological polar surface area (TPSA) is 26.3 Å². The molecule has 0 aromatic carbocycles. The van der Waals surface area contributed by atoms with Crippen LogP contribution in [0.2, 0.25) is 0 Å². The van der Waals surface area contributed by atoms with Crippen molar-refractivity contribution in [2.45, 2.75) is 51.0 Å². The first-order valence-electron chi connectivity index (χ1n) is 6.59. The molecule has 5 atom stereocenters. The van der Waals surface area contributed by atoms with Gasteiger partial charge < -0.3 is 4.74 Å². The Morgan fingerprint density at radius 3 is 2.65 bits per heavy atom. The highest BCUT2D eigenvalue weighted by Gasteiger charge is 2.41. The number of carbonyl (C=O) groups is 1. The molecule has 1 fully saturated rings. The minimum absolute atomic E-state index is 0.00317. The molecule has 0 heterocycles. The molecule has 0 aromatic rings. The third-order valence-corrected chi connectivity index (χ3v) is 4.09. The van der Waals surface area contributed by atoms with Crippen LogP contribution in [0.5, 0.6) is 0 Å². The largest absolute Gasteiger partial charge is 0.462 e. The second-order valence-corrected chi connectivity index (χ2v) is 6.24. The summed E-state index contributed by atoms with van der Waals surface area (Å²) < 4.78 is 5.51. The van der Waals surface area contributed by atoms with Gasteiger partial charge in [0.25, 0.3) is 0 Å². The van der Waals surface area contributed by atoms with Crippen LogP contribution in [0.15, 0.2) is 12.2 Å². The molecular formula is C14H21ClO2. The van der Waals surface area contributed by atoms with Crippen LogP contribution in [0.4, 0.5) is 0 Å². The lowest BCUT2D eigenvalue weighted by atomic mass is 9.94. The molecule has 96 valence electrons. The first-order chi connectivity index (χ1) is 8.06. The van der Waals surface area contributed by atoms with Gasteiger partial charge in [-0.25, -0.2) is 0 Å². The van der Waals surface area contributed by atoms with E-state index in [9.17, 15) is 4.79 Å². The molecule has 2 bridgehead atoms. The first kappa shape index (κ1) is 12.9. The fourth-order valence-corrected chi connectivity index (χ4v) is 2.99. The molecule has 2 rings (SSSR count). The number of rotatable bonds is 5. The SMILES string of the molecule is CC(Cl)CCC(C)OC(=O)C1CC2C=CC1C2. The van der Waals surface area contributed by atoms with Crippen molar-refractivity contribution in [1.29, 1.82) is 0 Å². The predicted molar refractivity (Wildman–Crippen MR) is 68.9 cm³/mol. The maximum Gasteiger partial charge on any atom is 0.309 e. The Morgan fingerprint density at radius 1 is 1.35 bits per heavy atom. The van der Waals surface area contributed by atoms with Crippen LogP contribution in [0.3, 0.4) is 0 Å². The van der Waals surface area contributed by atoms with Crippen LogP contribution in [0.1, 0.15) is 39.5 Å². The fourth-order valence-electron chi connectivity index (χ4n) is 2.86. The lowest BCUT2D eigenvalue weighted by Crippen LogP contribution is -2.25. The Morgan fingerprint density at radius 2 is 2.12 bits per heavy atom. The van der Waals surface area contributed by atoms with Crippen molar-refractivity contribution in [2.75, 3.05) is 0 Å². The van der Waals surface area contributed by atoms with Crippen molar-refractivity contribution in [3.8, 4) is 0 Å². The van der Waals surface area contributed by atoms with Gasteiger partial charge in [0, 0.05) is 5.38 Å². The third-order valence-electron chi connectivity index (χ3n) is 3.87. The highest BCUT2D eigenvalue weighted by Crippen LogP contribution is 2.44. The zero-order chi connectivity index (χ0) is 12.4. The van der Waals surface area contributed by atoms with Crippen molar-refractivity contribution in [3.05, 3.63) is 12.2 Å². The molecule has 2 aliphatic rings. The summed E-state index contributed by atoms with van der Waals surface area (Å²) in [6, 6.07) is 0. The Labute approximate surface area is 108 Å². The highest BCUT2D eigenvalue weighted by atomic mass is 35.5. The fraction of sp³-hybridized carbons (Fsp3) is 0.786. The number of halogens is 1. The van der Waals surface area contributed by atoms with Gasteiger partial charge in [-0.2, -0.15) is 0 Å². The lowest BCUT2D eigenvalue weighted by Gasteiger charge is -2.20. The number of hydrogen-bond acceptors (Lipinski definition) is 2. The zero-order valence-electron chi connectivity index (χ0n) is 10.6. The second-order valence-electron chi connectivity index (χ2n) is 5.49. The van der Waals surface area contributed by atoms with Crippen molar-refractivity contribution in [2.24, 2.45) is 17.8 Å². The molecule has 0 N–H and O–H groups in total. The van der Waals surface area contributed by atoms with Gasteiger partial charge in [0.15, 0.2) is 0 Å². The number of alkyl halides is 1. The van der Waals surface area contributed by atoms with Gasteiger partial charge in [0.2, 0.25) is 0 Å². The number of fused-ring (bicyclic) bond motifs is 2. The van der Waals surface area contributed by atoms with E-state index in [1.54, 1.807) is 0 Å². The van der Waals surface area contributed by atoms with E-state index >= 15 is 0 Å². The lowest BCUT2D eigenvalue weighted by molar-refractivity contribution is -0.154. The number of hydrogen-bond donors (Lipinski definition) is 0. The van der Waals surface area contributed by atoms with Crippen LogP contribution in [0.25, 0.3) is 0 Å². The molecule has 3 heteroatoms. The number of allylic oxidation sites excluding steroid dienone is 2. The van der Waals surface area contributed by atoms with E-state index < -0.39 is 0 Å². The molecule has 0 amide bonds. The molecule has 2 aliphatic carbocycles. The Kier molecular flexibility index (Phi) is 4.13. The van der Waals surface area contributed by atoms with Crippen LogP contribution >= 0.6 is 11.6 Å². The van der Waals surface area contributed by atoms with Crippen molar-refractivity contribution >= 4 is 17.6 Å². The second kappa shape index (κ2) is 5.43. The Hall–Kier alpha value is -0.500. The van der Waals surface area contributed by atoms with Crippen molar-refractivity contribution in [1.82, 2.24) is 0 Å². The van der Waals surface area contributed by atoms with Crippen LogP contribution in [-0.4, -0.2) is 17.5 Å². The van der Waals surface area contributed by atoms with Gasteiger partial charge in [-0.15, -0.1) is 11.6 Å². The molecule has 0 radical (unpaired) electrons. The van der Waals surface area contributed by atoms with E-state index in [2.05, 4.69) is 12.2 Å². The summed E-state index contributed by atoms with van der Waals surface area (Å²) in [4.78, 5) is 12.0. The van der Waals surface area contributed by atoms with E-state index in [4.69, 9.17) is 16.3 Å². The molecule has 2 nitrogen and oxygen atoms in total. The quantitative estimate of drug-likeness (QED) is 0.427. The Bertz CT molecular complexity index is 311. The van der Waals surface area contributed by atoms with Crippen LogP contribution in [0, 0.1) is 17.8 Å². The number of carbonyl (C=O) groups excluding carboxylic acids is 1. The summed E-state index contributed by atoms with van der Waals surface area (Å²) >= 11 is 5.89. The maximum absolute atomic E-state index is 12.0. The van der Waals surface area contributed by atoms with E-state index in [-0.39, 0.29) is 23.4 Å². The molecule has 0 spiro atoms. The average molecular weight is 257 g/mol. The van der Waals surface area contributed by atoms with Crippen LogP contribution < -0.4 is 0 Å². The summed E-state index contributed by atoms with van der Waals surface area (Å²) in [6.07, 6.45) is 8.30. The molecular weight excluding hydrogens is 236 g/mol. The maximum atomic E-state index is 12.0. The standard InChI is InChI=1S/C14H21ClO2/c1-9(15)3-4-10(2)17-14(16)13-8-11-5-6-12(13)7-11/h5-6,9-13H,3-4,7-8H2,1-2H3. The summed E-state index contributed by atoms with van der Waals surface area (Å²) in [5.41, 5.74) is 0. The smallest absolute Gasteiger partial charge is 0.309 e. The normalized spacial score (nSPS) is 33.7. The van der Waals surface area contributed by atoms with Crippen molar-refractivity contribution in [3.63, 3.8) is 0 Å². The Balaban J connectivity index is 1.75. The minimum atomic E-state index is -0.00759. The van der Waals surface area contributed by atoms with Gasteiger partial charge in [0.1, 0.15) is 0 Å². The average Bonchev–Trinajstić information content (AvgIpc) is 2.87. The molecule has 0 aliphatic heterocycles. The van der Waals surface area contributed by atoms with E-state index in [0.29, 0.717) is 11.8 Å². The molecule has 5 unspecified atom stereocenters. The van der Waals surface area contributed by atoms with Gasteiger partial charge in [0.05, 0.1) is 12.0 Å². The van der Waals surface area contributed by atoms with E-state index in [0.717, 1.165) is 25.7 Å². The summed E-state index contributed by atoms with van der Waals surface area (Å²) in [5.74, 6) is 1.17. The van der Waals surface area contributed by atoms with Gasteiger partial charge in [-0.05, 0) is 51.4 Å². The monoisotopic (exact) mass is 256 g/mol. The van der Waals surface area contributed by atoms with Crippen LogP contribution in [-0.2, 0) is 9.53 Å². The van der Waals surface area contributed by atoms with E-state index in [1.807, 2.05) is 13.8 Å². The van der Waals surface area contributed by atoms with Gasteiger partial charge in [-0.3, -0.25) is 4.79 Å². The van der Waals surface area contributed by atoms with E-state index in [1.165, 1.54) is 0 Å². The number of ether oxygens (including phenoxy) is 1. The van der Waals surface area contributed by atoms with Crippen molar-refractivity contribution < 1.29 is 9.53 Å². The predicted octanol–water partition coefficient (Wildman–Crippen LogP) is 3.54. The highest BCUT2D eigenvalue weighted by molar-refractivity contribution is 6.20. The summed E-state index contributed by atoms with van der Waals surface area (Å²) in [7, 11) is 0. The summed E-state index contributed by atoms with van der Waals surface area (Å²) in [5, 5.41) is 0.154. The third kappa shape index (κ3) is 3.25. The zero-order valence-corrected chi connectivity index (χ0v) is 11.3. The molecule has 1 saturated carbocycles.